The molecular formula is C22H20BrFN4O2S. The number of hydrogen-bond donors (Lipinski definition) is 1. The fourth-order valence-electron chi connectivity index (χ4n) is 3.38. The monoisotopic (exact) mass is 502 g/mol. The number of nitrogens with one attached hydrogen (secondary N) is 1. The first-order valence-corrected chi connectivity index (χ1v) is 11.5. The third kappa shape index (κ3) is 4.52. The predicted molar refractivity (Wildman–Crippen MR) is 121 cm³/mol. The number of halogens is 2. The number of aromatic nitrogens is 3. The molecule has 0 saturated heterocycles. The average Bonchev–Trinajstić information content (AvgIpc) is 3.15. The quantitative estimate of drug-likeness (QED) is 0.363. The van der Waals surface area contributed by atoms with Crippen LogP contribution in [0.1, 0.15) is 31.0 Å². The number of benzene rings is 2. The lowest BCUT2D eigenvalue weighted by Crippen LogP contribution is -2.29. The van der Waals surface area contributed by atoms with Gasteiger partial charge in [-0.2, -0.15) is 4.98 Å². The van der Waals surface area contributed by atoms with E-state index >= 15 is 0 Å². The summed E-state index contributed by atoms with van der Waals surface area (Å²) in [7, 11) is 0. The van der Waals surface area contributed by atoms with Crippen LogP contribution < -0.4 is 5.32 Å². The Kier molecular flexibility index (Phi) is 6.43. The Balaban J connectivity index is 1.70. The van der Waals surface area contributed by atoms with Crippen LogP contribution in [0.5, 0.6) is 0 Å². The molecule has 0 amide bonds. The van der Waals surface area contributed by atoms with E-state index in [1.54, 1.807) is 29.8 Å². The normalized spacial score (nSPS) is 15.4. The van der Waals surface area contributed by atoms with E-state index in [-0.39, 0.29) is 12.4 Å². The van der Waals surface area contributed by atoms with Crippen LogP contribution in [0.25, 0.3) is 0 Å². The first-order chi connectivity index (χ1) is 15.0. The number of ether oxygens (including phenoxy) is 1. The largest absolute Gasteiger partial charge is 0.463 e. The summed E-state index contributed by atoms with van der Waals surface area (Å²) in [5.74, 6) is 0.263. The van der Waals surface area contributed by atoms with Gasteiger partial charge in [0.2, 0.25) is 11.1 Å². The molecule has 1 N–H and O–H groups in total. The Morgan fingerprint density at radius 1 is 1.26 bits per heavy atom. The molecule has 0 bridgehead atoms. The standard InChI is InChI=1S/C22H20BrFN4O2S/c1-3-30-20(29)18-13(2)25-21-26-22(31-12-15-6-4-5-7-17(15)24)27-28(21)19(18)14-8-10-16(23)11-9-14/h4-11,19H,3,12H2,1-2H3,(H,25,26,27). The van der Waals surface area contributed by atoms with Gasteiger partial charge in [0.05, 0.1) is 12.2 Å². The van der Waals surface area contributed by atoms with Gasteiger partial charge in [-0.25, -0.2) is 13.9 Å². The highest BCUT2D eigenvalue weighted by atomic mass is 79.9. The summed E-state index contributed by atoms with van der Waals surface area (Å²) in [5, 5.41) is 8.29. The van der Waals surface area contributed by atoms with Crippen molar-refractivity contribution in [2.45, 2.75) is 30.8 Å². The minimum Gasteiger partial charge on any atom is -0.463 e. The number of thioether (sulfide) groups is 1. The fraction of sp³-hybridized carbons (Fsp3) is 0.227. The number of carbonyl (C=O) groups excluding carboxylic acids is 1. The summed E-state index contributed by atoms with van der Waals surface area (Å²) < 4.78 is 21.9. The number of anilines is 1. The number of esters is 1. The summed E-state index contributed by atoms with van der Waals surface area (Å²) in [6, 6.07) is 13.9. The zero-order chi connectivity index (χ0) is 22.0. The van der Waals surface area contributed by atoms with E-state index in [0.29, 0.717) is 33.7 Å². The van der Waals surface area contributed by atoms with Gasteiger partial charge in [0.25, 0.3) is 0 Å². The van der Waals surface area contributed by atoms with Crippen molar-refractivity contribution in [2.75, 3.05) is 11.9 Å². The molecule has 0 radical (unpaired) electrons. The van der Waals surface area contributed by atoms with Crippen LogP contribution in [0, 0.1) is 5.82 Å². The molecule has 3 aromatic rings. The lowest BCUT2D eigenvalue weighted by molar-refractivity contribution is -0.139. The minimum absolute atomic E-state index is 0.257. The summed E-state index contributed by atoms with van der Waals surface area (Å²) in [5.41, 5.74) is 2.60. The molecule has 1 aliphatic heterocycles. The Morgan fingerprint density at radius 2 is 2.00 bits per heavy atom. The number of carbonyl (C=O) groups is 1. The first kappa shape index (κ1) is 21.6. The first-order valence-electron chi connectivity index (χ1n) is 9.71. The summed E-state index contributed by atoms with van der Waals surface area (Å²) >= 11 is 4.79. The third-order valence-electron chi connectivity index (χ3n) is 4.83. The molecule has 6 nitrogen and oxygen atoms in total. The topological polar surface area (TPSA) is 69.0 Å². The molecule has 9 heteroatoms. The maximum atomic E-state index is 14.0. The molecule has 31 heavy (non-hydrogen) atoms. The summed E-state index contributed by atoms with van der Waals surface area (Å²) in [6.07, 6.45) is 0. The maximum absolute atomic E-state index is 14.0. The van der Waals surface area contributed by atoms with Crippen LogP contribution in [0.3, 0.4) is 0 Å². The zero-order valence-electron chi connectivity index (χ0n) is 16.9. The van der Waals surface area contributed by atoms with Crippen molar-refractivity contribution in [1.82, 2.24) is 14.8 Å². The lowest BCUT2D eigenvalue weighted by Gasteiger charge is -2.28. The molecule has 1 atom stereocenters. The van der Waals surface area contributed by atoms with Gasteiger partial charge in [0.1, 0.15) is 11.9 Å². The second kappa shape index (κ2) is 9.23. The van der Waals surface area contributed by atoms with Crippen molar-refractivity contribution in [1.29, 1.82) is 0 Å². The molecule has 0 aliphatic carbocycles. The van der Waals surface area contributed by atoms with Crippen LogP contribution in [0.4, 0.5) is 10.3 Å². The Hall–Kier alpha value is -2.65. The number of allylic oxidation sites excluding steroid dienone is 1. The molecule has 1 aliphatic rings. The van der Waals surface area contributed by atoms with Gasteiger partial charge in [0.15, 0.2) is 0 Å². The summed E-state index contributed by atoms with van der Waals surface area (Å²) in [4.78, 5) is 17.4. The highest BCUT2D eigenvalue weighted by Crippen LogP contribution is 2.37. The van der Waals surface area contributed by atoms with E-state index in [2.05, 4.69) is 31.3 Å². The fourth-order valence-corrected chi connectivity index (χ4v) is 4.46. The van der Waals surface area contributed by atoms with Crippen LogP contribution in [0.2, 0.25) is 0 Å². The minimum atomic E-state index is -0.487. The van der Waals surface area contributed by atoms with Crippen molar-refractivity contribution in [3.05, 3.63) is 81.2 Å². The maximum Gasteiger partial charge on any atom is 0.338 e. The van der Waals surface area contributed by atoms with Crippen LogP contribution in [-0.4, -0.2) is 27.3 Å². The molecule has 0 spiro atoms. The van der Waals surface area contributed by atoms with Crippen LogP contribution >= 0.6 is 27.7 Å². The van der Waals surface area contributed by atoms with Gasteiger partial charge < -0.3 is 10.1 Å². The van der Waals surface area contributed by atoms with E-state index in [9.17, 15) is 9.18 Å². The van der Waals surface area contributed by atoms with E-state index < -0.39 is 12.0 Å². The van der Waals surface area contributed by atoms with Gasteiger partial charge in [0, 0.05) is 15.9 Å². The van der Waals surface area contributed by atoms with Crippen molar-refractivity contribution < 1.29 is 13.9 Å². The van der Waals surface area contributed by atoms with Crippen molar-refractivity contribution in [3.63, 3.8) is 0 Å². The van der Waals surface area contributed by atoms with E-state index in [4.69, 9.17) is 4.74 Å². The van der Waals surface area contributed by atoms with Gasteiger partial charge in [-0.15, -0.1) is 5.10 Å². The van der Waals surface area contributed by atoms with Gasteiger partial charge >= 0.3 is 5.97 Å². The van der Waals surface area contributed by atoms with E-state index in [1.807, 2.05) is 31.2 Å². The molecule has 2 aromatic carbocycles. The second-order valence-electron chi connectivity index (χ2n) is 6.88. The van der Waals surface area contributed by atoms with E-state index in [0.717, 1.165) is 10.0 Å². The highest BCUT2D eigenvalue weighted by Gasteiger charge is 2.35. The molecule has 4 rings (SSSR count). The second-order valence-corrected chi connectivity index (χ2v) is 8.74. The Labute approximate surface area is 192 Å². The lowest BCUT2D eigenvalue weighted by atomic mass is 9.96. The highest BCUT2D eigenvalue weighted by molar-refractivity contribution is 9.10. The SMILES string of the molecule is CCOC(=O)C1=C(C)Nc2nc(SCc3ccccc3F)nn2C1c1ccc(Br)cc1. The third-order valence-corrected chi connectivity index (χ3v) is 6.24. The van der Waals surface area contributed by atoms with Crippen molar-refractivity contribution in [2.24, 2.45) is 0 Å². The van der Waals surface area contributed by atoms with Crippen LogP contribution in [0.15, 0.2) is 69.4 Å². The molecule has 160 valence electrons. The number of fused-ring (bicyclic) bond motifs is 1. The van der Waals surface area contributed by atoms with Gasteiger partial charge in [-0.05, 0) is 43.2 Å². The zero-order valence-corrected chi connectivity index (χ0v) is 19.3. The molecule has 2 heterocycles. The molecule has 0 saturated carbocycles. The Bertz CT molecular complexity index is 1150. The molecule has 1 aromatic heterocycles. The summed E-state index contributed by atoms with van der Waals surface area (Å²) in [6.45, 7) is 3.87. The average molecular weight is 503 g/mol. The van der Waals surface area contributed by atoms with Gasteiger partial charge in [-0.3, -0.25) is 0 Å². The van der Waals surface area contributed by atoms with Gasteiger partial charge in [-0.1, -0.05) is 58.0 Å². The van der Waals surface area contributed by atoms with Crippen molar-refractivity contribution in [3.8, 4) is 0 Å². The molecular weight excluding hydrogens is 483 g/mol. The number of rotatable bonds is 6. The molecule has 0 fully saturated rings. The Morgan fingerprint density at radius 3 is 2.71 bits per heavy atom. The van der Waals surface area contributed by atoms with Crippen LogP contribution in [-0.2, 0) is 15.3 Å². The molecule has 1 unspecified atom stereocenters. The predicted octanol–water partition coefficient (Wildman–Crippen LogP) is 5.32. The van der Waals surface area contributed by atoms with E-state index in [1.165, 1.54) is 17.8 Å². The number of hydrogen-bond acceptors (Lipinski definition) is 6. The van der Waals surface area contributed by atoms with Crippen molar-refractivity contribution >= 4 is 39.6 Å². The smallest absolute Gasteiger partial charge is 0.338 e. The number of nitrogens with zero attached hydrogens (tertiary/aromatic N) is 3.